The third-order valence-electron chi connectivity index (χ3n) is 3.49. The predicted octanol–water partition coefficient (Wildman–Crippen LogP) is 3.16. The average Bonchev–Trinajstić information content (AvgIpc) is 3.07. The van der Waals surface area contributed by atoms with Gasteiger partial charge in [-0.2, -0.15) is 5.26 Å². The second-order valence-corrected chi connectivity index (χ2v) is 7.93. The first kappa shape index (κ1) is 16.1. The standard InChI is InChI=1S/C13H11Cl2NO4S/c14-9-6-10(15)11(5-8(9)12(17)18)21(19,20)7-13(1-2-13)3-4-16/h5-6H,1-3,7H2,(H,17,18). The summed E-state index contributed by atoms with van der Waals surface area (Å²) in [5.74, 6) is -1.54. The van der Waals surface area contributed by atoms with Crippen molar-refractivity contribution in [2.45, 2.75) is 24.2 Å². The summed E-state index contributed by atoms with van der Waals surface area (Å²) >= 11 is 11.6. The van der Waals surface area contributed by atoms with Crippen molar-refractivity contribution in [1.82, 2.24) is 0 Å². The van der Waals surface area contributed by atoms with Crippen molar-refractivity contribution < 1.29 is 18.3 Å². The quantitative estimate of drug-likeness (QED) is 0.882. The summed E-state index contributed by atoms with van der Waals surface area (Å²) in [5, 5.41) is 17.5. The van der Waals surface area contributed by atoms with Crippen LogP contribution in [0.1, 0.15) is 29.6 Å². The maximum Gasteiger partial charge on any atom is 0.337 e. The number of nitrogens with zero attached hydrogens (tertiary/aromatic N) is 1. The van der Waals surface area contributed by atoms with E-state index in [4.69, 9.17) is 33.6 Å². The van der Waals surface area contributed by atoms with Crippen LogP contribution in [0, 0.1) is 16.7 Å². The number of aromatic carboxylic acids is 1. The molecule has 1 aliphatic carbocycles. The van der Waals surface area contributed by atoms with E-state index in [1.54, 1.807) is 0 Å². The summed E-state index contributed by atoms with van der Waals surface area (Å²) < 4.78 is 24.9. The van der Waals surface area contributed by atoms with E-state index >= 15 is 0 Å². The van der Waals surface area contributed by atoms with Crippen molar-refractivity contribution in [3.05, 3.63) is 27.7 Å². The van der Waals surface area contributed by atoms with Crippen LogP contribution in [0.25, 0.3) is 0 Å². The molecule has 0 aliphatic heterocycles. The molecule has 21 heavy (non-hydrogen) atoms. The SMILES string of the molecule is N#CCC1(CS(=O)(=O)c2cc(C(=O)O)c(Cl)cc2Cl)CC1. The number of sulfone groups is 1. The van der Waals surface area contributed by atoms with Gasteiger partial charge in [0.25, 0.3) is 0 Å². The predicted molar refractivity (Wildman–Crippen MR) is 77.4 cm³/mol. The number of hydrogen-bond donors (Lipinski definition) is 1. The van der Waals surface area contributed by atoms with Crippen molar-refractivity contribution in [2.75, 3.05) is 5.75 Å². The van der Waals surface area contributed by atoms with Crippen LogP contribution in [0.4, 0.5) is 0 Å². The molecule has 1 fully saturated rings. The van der Waals surface area contributed by atoms with E-state index in [1.165, 1.54) is 0 Å². The highest BCUT2D eigenvalue weighted by atomic mass is 35.5. The van der Waals surface area contributed by atoms with Crippen LogP contribution in [0.15, 0.2) is 17.0 Å². The van der Waals surface area contributed by atoms with E-state index in [-0.39, 0.29) is 32.7 Å². The number of halogens is 2. The molecule has 0 spiro atoms. The van der Waals surface area contributed by atoms with Gasteiger partial charge in [-0.3, -0.25) is 0 Å². The van der Waals surface area contributed by atoms with E-state index in [1.807, 2.05) is 6.07 Å². The Balaban J connectivity index is 2.43. The fraction of sp³-hybridized carbons (Fsp3) is 0.385. The molecule has 5 nitrogen and oxygen atoms in total. The third-order valence-corrected chi connectivity index (χ3v) is 6.23. The Hall–Kier alpha value is -1.29. The van der Waals surface area contributed by atoms with Crippen LogP contribution in [0.5, 0.6) is 0 Å². The Bertz CT molecular complexity index is 748. The number of carboxylic acids is 1. The molecule has 112 valence electrons. The summed E-state index contributed by atoms with van der Waals surface area (Å²) in [4.78, 5) is 10.8. The zero-order valence-corrected chi connectivity index (χ0v) is 13.1. The fourth-order valence-electron chi connectivity index (χ4n) is 2.13. The Morgan fingerprint density at radius 2 is 1.95 bits per heavy atom. The molecule has 8 heteroatoms. The summed E-state index contributed by atoms with van der Waals surface area (Å²) in [6.07, 6.45) is 1.48. The molecule has 0 heterocycles. The van der Waals surface area contributed by atoms with E-state index in [0.717, 1.165) is 12.1 Å². The van der Waals surface area contributed by atoms with Crippen molar-refractivity contribution >= 4 is 39.0 Å². The number of hydrogen-bond acceptors (Lipinski definition) is 4. The molecule has 0 unspecified atom stereocenters. The molecule has 0 radical (unpaired) electrons. The molecule has 0 amide bonds. The molecule has 1 aromatic rings. The lowest BCUT2D eigenvalue weighted by Crippen LogP contribution is -2.18. The smallest absolute Gasteiger partial charge is 0.337 e. The Morgan fingerprint density at radius 1 is 1.33 bits per heavy atom. The van der Waals surface area contributed by atoms with Crippen LogP contribution < -0.4 is 0 Å². The second kappa shape index (κ2) is 5.48. The lowest BCUT2D eigenvalue weighted by atomic mass is 10.1. The van der Waals surface area contributed by atoms with E-state index < -0.39 is 21.2 Å². The van der Waals surface area contributed by atoms with Gasteiger partial charge < -0.3 is 5.11 Å². The molecule has 1 saturated carbocycles. The van der Waals surface area contributed by atoms with Gasteiger partial charge in [0.1, 0.15) is 0 Å². The molecular formula is C13H11Cl2NO4S. The van der Waals surface area contributed by atoms with Crippen molar-refractivity contribution in [2.24, 2.45) is 5.41 Å². The molecule has 1 aliphatic rings. The Kier molecular flexibility index (Phi) is 4.20. The maximum absolute atomic E-state index is 12.4. The largest absolute Gasteiger partial charge is 0.478 e. The maximum atomic E-state index is 12.4. The summed E-state index contributed by atoms with van der Waals surface area (Å²) in [5.41, 5.74) is -0.843. The van der Waals surface area contributed by atoms with Gasteiger partial charge in [0.15, 0.2) is 9.84 Å². The molecule has 0 atom stereocenters. The highest BCUT2D eigenvalue weighted by molar-refractivity contribution is 7.91. The second-order valence-electron chi connectivity index (χ2n) is 5.16. The van der Waals surface area contributed by atoms with E-state index in [0.29, 0.717) is 12.8 Å². The van der Waals surface area contributed by atoms with Crippen molar-refractivity contribution in [3.8, 4) is 6.07 Å². The molecule has 1 aromatic carbocycles. The summed E-state index contributed by atoms with van der Waals surface area (Å²) in [6.45, 7) is 0. The van der Waals surface area contributed by atoms with Crippen LogP contribution in [-0.4, -0.2) is 25.2 Å². The number of carbonyl (C=O) groups is 1. The zero-order valence-electron chi connectivity index (χ0n) is 10.8. The van der Waals surface area contributed by atoms with Gasteiger partial charge in [-0.25, -0.2) is 13.2 Å². The highest BCUT2D eigenvalue weighted by Crippen LogP contribution is 2.50. The molecule has 1 N–H and O–H groups in total. The fourth-order valence-corrected chi connectivity index (χ4v) is 4.95. The molecule has 0 aromatic heterocycles. The first-order chi connectivity index (χ1) is 9.71. The van der Waals surface area contributed by atoms with Crippen LogP contribution in [0.3, 0.4) is 0 Å². The minimum Gasteiger partial charge on any atom is -0.478 e. The number of benzene rings is 1. The van der Waals surface area contributed by atoms with Gasteiger partial charge in [0.05, 0.1) is 32.3 Å². The molecular weight excluding hydrogens is 337 g/mol. The van der Waals surface area contributed by atoms with Gasteiger partial charge in [-0.1, -0.05) is 23.2 Å². The van der Waals surface area contributed by atoms with Gasteiger partial charge in [-0.05, 0) is 30.4 Å². The zero-order chi connectivity index (χ0) is 15.8. The third kappa shape index (κ3) is 3.31. The first-order valence-electron chi connectivity index (χ1n) is 6.03. The van der Waals surface area contributed by atoms with E-state index in [2.05, 4.69) is 0 Å². The normalized spacial score (nSPS) is 16.2. The molecule has 0 bridgehead atoms. The Labute approximate surface area is 132 Å². The summed E-state index contributed by atoms with van der Waals surface area (Å²) in [6, 6.07) is 4.08. The van der Waals surface area contributed by atoms with Crippen molar-refractivity contribution in [1.29, 1.82) is 5.26 Å². The lowest BCUT2D eigenvalue weighted by molar-refractivity contribution is 0.0697. The number of rotatable bonds is 5. The Morgan fingerprint density at radius 3 is 2.43 bits per heavy atom. The number of nitriles is 1. The molecule has 2 rings (SSSR count). The molecule has 0 saturated heterocycles. The highest BCUT2D eigenvalue weighted by Gasteiger charge is 2.46. The summed E-state index contributed by atoms with van der Waals surface area (Å²) in [7, 11) is -3.79. The lowest BCUT2D eigenvalue weighted by Gasteiger charge is -2.13. The monoisotopic (exact) mass is 347 g/mol. The number of carboxylic acid groups (broad SMARTS) is 1. The van der Waals surface area contributed by atoms with Crippen molar-refractivity contribution in [3.63, 3.8) is 0 Å². The van der Waals surface area contributed by atoms with Gasteiger partial charge in [-0.15, -0.1) is 0 Å². The minimum absolute atomic E-state index is 0.113. The average molecular weight is 348 g/mol. The van der Waals surface area contributed by atoms with Crippen LogP contribution >= 0.6 is 23.2 Å². The van der Waals surface area contributed by atoms with Gasteiger partial charge >= 0.3 is 5.97 Å². The van der Waals surface area contributed by atoms with Gasteiger partial charge in [0, 0.05) is 6.42 Å². The topological polar surface area (TPSA) is 95.2 Å². The van der Waals surface area contributed by atoms with Crippen LogP contribution in [-0.2, 0) is 9.84 Å². The minimum atomic E-state index is -3.79. The first-order valence-corrected chi connectivity index (χ1v) is 8.44. The van der Waals surface area contributed by atoms with E-state index in [9.17, 15) is 13.2 Å². The van der Waals surface area contributed by atoms with Gasteiger partial charge in [0.2, 0.25) is 0 Å². The van der Waals surface area contributed by atoms with Crippen LogP contribution in [0.2, 0.25) is 10.0 Å².